The fourth-order valence-electron chi connectivity index (χ4n) is 3.03. The third-order valence-corrected chi connectivity index (χ3v) is 4.36. The molecule has 0 saturated heterocycles. The van der Waals surface area contributed by atoms with Crippen molar-refractivity contribution in [3.05, 3.63) is 41.1 Å². The van der Waals surface area contributed by atoms with E-state index in [0.29, 0.717) is 0 Å². The van der Waals surface area contributed by atoms with E-state index < -0.39 is 0 Å². The molecule has 1 aliphatic heterocycles. The molecule has 1 aromatic rings. The highest BCUT2D eigenvalue weighted by Gasteiger charge is 2.27. The van der Waals surface area contributed by atoms with Crippen LogP contribution in [0, 0.1) is 0 Å². The molecule has 0 unspecified atom stereocenters. The Labute approximate surface area is 126 Å². The number of anilines is 1. The van der Waals surface area contributed by atoms with Crippen molar-refractivity contribution in [2.45, 2.75) is 31.7 Å². The maximum Gasteiger partial charge on any atom is 0.171 e. The number of hydrogen-bond acceptors (Lipinski definition) is 2. The van der Waals surface area contributed by atoms with Gasteiger partial charge in [0.1, 0.15) is 0 Å². The molecule has 0 saturated carbocycles. The van der Waals surface area contributed by atoms with Gasteiger partial charge in [-0.1, -0.05) is 12.1 Å². The highest BCUT2D eigenvalue weighted by Crippen LogP contribution is 2.35. The topological polar surface area (TPSA) is 27.3 Å². The largest absolute Gasteiger partial charge is 0.378 e. The summed E-state index contributed by atoms with van der Waals surface area (Å²) in [5, 5.41) is 7.53. The number of rotatable bonds is 2. The molecule has 3 rings (SSSR count). The summed E-state index contributed by atoms with van der Waals surface area (Å²) in [6, 6.07) is 9.01. The van der Waals surface area contributed by atoms with Gasteiger partial charge in [-0.05, 0) is 61.2 Å². The lowest BCUT2D eigenvalue weighted by Gasteiger charge is -2.35. The van der Waals surface area contributed by atoms with Crippen LogP contribution < -0.4 is 15.5 Å². The number of hydrogen-bond donors (Lipinski definition) is 2. The van der Waals surface area contributed by atoms with E-state index in [1.54, 1.807) is 0 Å². The van der Waals surface area contributed by atoms with Crippen LogP contribution >= 0.6 is 12.2 Å². The Bertz CT molecular complexity index is 545. The number of nitrogens with zero attached hydrogens (tertiary/aromatic N) is 1. The van der Waals surface area contributed by atoms with E-state index in [-0.39, 0.29) is 6.04 Å². The molecule has 1 aliphatic carbocycles. The summed E-state index contributed by atoms with van der Waals surface area (Å²) in [7, 11) is 4.13. The second-order valence-corrected chi connectivity index (χ2v) is 6.14. The van der Waals surface area contributed by atoms with Gasteiger partial charge in [-0.15, -0.1) is 0 Å². The first-order valence-corrected chi connectivity index (χ1v) is 7.62. The van der Waals surface area contributed by atoms with Gasteiger partial charge in [-0.3, -0.25) is 0 Å². The minimum Gasteiger partial charge on any atom is -0.378 e. The summed E-state index contributed by atoms with van der Waals surface area (Å²) in [6.45, 7) is 0. The second-order valence-electron chi connectivity index (χ2n) is 5.73. The molecule has 2 aliphatic rings. The van der Waals surface area contributed by atoms with Crippen LogP contribution in [0.5, 0.6) is 0 Å². The fourth-order valence-corrected chi connectivity index (χ4v) is 3.27. The Morgan fingerprint density at radius 3 is 2.50 bits per heavy atom. The molecule has 0 spiro atoms. The predicted octanol–water partition coefficient (Wildman–Crippen LogP) is 3.10. The Morgan fingerprint density at radius 1 is 1.10 bits per heavy atom. The molecular formula is C16H21N3S. The molecule has 0 amide bonds. The molecule has 1 heterocycles. The zero-order valence-electron chi connectivity index (χ0n) is 12.1. The maximum absolute atomic E-state index is 5.35. The van der Waals surface area contributed by atoms with Gasteiger partial charge in [0.15, 0.2) is 5.11 Å². The Hall–Kier alpha value is -1.55. The summed E-state index contributed by atoms with van der Waals surface area (Å²) >= 11 is 5.35. The maximum atomic E-state index is 5.35. The van der Waals surface area contributed by atoms with Crippen molar-refractivity contribution in [1.82, 2.24) is 10.6 Å². The lowest BCUT2D eigenvalue weighted by atomic mass is 9.86. The molecule has 0 bridgehead atoms. The Morgan fingerprint density at radius 2 is 1.80 bits per heavy atom. The third kappa shape index (κ3) is 2.52. The summed E-state index contributed by atoms with van der Waals surface area (Å²) in [6.07, 6.45) is 4.84. The molecule has 20 heavy (non-hydrogen) atoms. The quantitative estimate of drug-likeness (QED) is 0.817. The molecule has 0 aromatic heterocycles. The summed E-state index contributed by atoms with van der Waals surface area (Å²) < 4.78 is 0. The number of benzene rings is 1. The van der Waals surface area contributed by atoms with Gasteiger partial charge in [0.05, 0.1) is 6.04 Å². The minimum atomic E-state index is 0.246. The third-order valence-electron chi connectivity index (χ3n) is 4.14. The summed E-state index contributed by atoms with van der Waals surface area (Å²) in [4.78, 5) is 2.12. The van der Waals surface area contributed by atoms with E-state index in [1.807, 2.05) is 0 Å². The van der Waals surface area contributed by atoms with Crippen LogP contribution in [0.2, 0.25) is 0 Å². The predicted molar refractivity (Wildman–Crippen MR) is 87.9 cm³/mol. The van der Waals surface area contributed by atoms with Crippen molar-refractivity contribution in [2.75, 3.05) is 19.0 Å². The average Bonchev–Trinajstić information content (AvgIpc) is 2.46. The molecule has 4 heteroatoms. The van der Waals surface area contributed by atoms with Crippen LogP contribution in [0.3, 0.4) is 0 Å². The monoisotopic (exact) mass is 287 g/mol. The van der Waals surface area contributed by atoms with Gasteiger partial charge in [0, 0.05) is 25.5 Å². The van der Waals surface area contributed by atoms with E-state index >= 15 is 0 Å². The fraction of sp³-hybridized carbons (Fsp3) is 0.438. The smallest absolute Gasteiger partial charge is 0.171 e. The second kappa shape index (κ2) is 5.44. The Kier molecular flexibility index (Phi) is 3.66. The Balaban J connectivity index is 1.93. The van der Waals surface area contributed by atoms with E-state index in [2.05, 4.69) is 53.9 Å². The molecule has 2 N–H and O–H groups in total. The van der Waals surface area contributed by atoms with E-state index in [0.717, 1.165) is 18.0 Å². The molecule has 3 nitrogen and oxygen atoms in total. The van der Waals surface area contributed by atoms with Crippen LogP contribution in [0.4, 0.5) is 5.69 Å². The van der Waals surface area contributed by atoms with E-state index in [9.17, 15) is 0 Å². The highest BCUT2D eigenvalue weighted by atomic mass is 32.1. The SMILES string of the molecule is CN(C)c1ccc([C@@H]2NC(=S)NC3=C2CCCC3)cc1. The van der Waals surface area contributed by atoms with Gasteiger partial charge >= 0.3 is 0 Å². The number of nitrogens with one attached hydrogen (secondary N) is 2. The lowest BCUT2D eigenvalue weighted by Crippen LogP contribution is -2.44. The van der Waals surface area contributed by atoms with E-state index in [4.69, 9.17) is 12.2 Å². The van der Waals surface area contributed by atoms with Crippen LogP contribution in [0.25, 0.3) is 0 Å². The average molecular weight is 287 g/mol. The van der Waals surface area contributed by atoms with Crippen molar-refractivity contribution in [1.29, 1.82) is 0 Å². The van der Waals surface area contributed by atoms with Gasteiger partial charge in [0.2, 0.25) is 0 Å². The minimum absolute atomic E-state index is 0.246. The first-order chi connectivity index (χ1) is 9.65. The summed E-state index contributed by atoms with van der Waals surface area (Å²) in [5.41, 5.74) is 5.36. The molecule has 106 valence electrons. The highest BCUT2D eigenvalue weighted by molar-refractivity contribution is 7.80. The molecule has 0 radical (unpaired) electrons. The number of allylic oxidation sites excluding steroid dienone is 1. The van der Waals surface area contributed by atoms with Gasteiger partial charge < -0.3 is 15.5 Å². The zero-order valence-corrected chi connectivity index (χ0v) is 12.9. The van der Waals surface area contributed by atoms with Crippen molar-refractivity contribution in [3.8, 4) is 0 Å². The van der Waals surface area contributed by atoms with Gasteiger partial charge in [-0.25, -0.2) is 0 Å². The van der Waals surface area contributed by atoms with Crippen LogP contribution in [-0.4, -0.2) is 19.2 Å². The van der Waals surface area contributed by atoms with Crippen LogP contribution in [-0.2, 0) is 0 Å². The van der Waals surface area contributed by atoms with Gasteiger partial charge in [-0.2, -0.15) is 0 Å². The standard InChI is InChI=1S/C16H21N3S/c1-19(2)12-9-7-11(8-10-12)15-13-5-3-4-6-14(13)17-16(20)18-15/h7-10,15H,3-6H2,1-2H3,(H2,17,18,20)/t15-/m0/s1. The van der Waals surface area contributed by atoms with Crippen LogP contribution in [0.15, 0.2) is 35.5 Å². The zero-order chi connectivity index (χ0) is 14.1. The molecule has 1 aromatic carbocycles. The van der Waals surface area contributed by atoms with Crippen molar-refractivity contribution in [2.24, 2.45) is 0 Å². The van der Waals surface area contributed by atoms with Crippen LogP contribution in [0.1, 0.15) is 37.3 Å². The molecule has 0 fully saturated rings. The van der Waals surface area contributed by atoms with Crippen molar-refractivity contribution in [3.63, 3.8) is 0 Å². The lowest BCUT2D eigenvalue weighted by molar-refractivity contribution is 0.561. The van der Waals surface area contributed by atoms with Gasteiger partial charge in [0.25, 0.3) is 0 Å². The summed E-state index contributed by atoms with van der Waals surface area (Å²) in [5.74, 6) is 0. The van der Waals surface area contributed by atoms with Crippen molar-refractivity contribution < 1.29 is 0 Å². The molecular weight excluding hydrogens is 266 g/mol. The normalized spacial score (nSPS) is 21.9. The van der Waals surface area contributed by atoms with Crippen molar-refractivity contribution >= 4 is 23.0 Å². The molecule has 1 atom stereocenters. The first-order valence-electron chi connectivity index (χ1n) is 7.22. The number of thiocarbonyl (C=S) groups is 1. The van der Waals surface area contributed by atoms with E-state index in [1.165, 1.54) is 35.4 Å². The first kappa shape index (κ1) is 13.4.